The predicted molar refractivity (Wildman–Crippen MR) is 75.6 cm³/mol. The van der Waals surface area contributed by atoms with Gasteiger partial charge in [-0.15, -0.1) is 0 Å². The highest BCUT2D eigenvalue weighted by Gasteiger charge is 2.17. The summed E-state index contributed by atoms with van der Waals surface area (Å²) < 4.78 is 4.94. The van der Waals surface area contributed by atoms with Gasteiger partial charge in [0.15, 0.2) is 0 Å². The molecule has 116 valence electrons. The Morgan fingerprint density at radius 2 is 1.90 bits per heavy atom. The number of hydrogen-bond acceptors (Lipinski definition) is 6. The van der Waals surface area contributed by atoms with E-state index in [0.29, 0.717) is 13.2 Å². The van der Waals surface area contributed by atoms with Crippen molar-refractivity contribution in [1.29, 1.82) is 0 Å². The summed E-state index contributed by atoms with van der Waals surface area (Å²) in [4.78, 5) is 13.8. The molecular weight excluding hydrogens is 278 g/mol. The van der Waals surface area contributed by atoms with Crippen LogP contribution >= 0.6 is 0 Å². The molecule has 0 saturated heterocycles. The summed E-state index contributed by atoms with van der Waals surface area (Å²) in [5, 5.41) is 30.2. The number of rotatable bonds is 7. The van der Waals surface area contributed by atoms with Crippen LogP contribution in [0.3, 0.4) is 0 Å². The minimum absolute atomic E-state index is 0.00368. The number of nitrogens with zero attached hydrogens (tertiary/aromatic N) is 2. The Bertz CT molecular complexity index is 498. The second-order valence-electron chi connectivity index (χ2n) is 4.36. The van der Waals surface area contributed by atoms with E-state index < -0.39 is 5.91 Å². The first-order valence-electron chi connectivity index (χ1n) is 6.25. The van der Waals surface area contributed by atoms with Gasteiger partial charge in [-0.25, -0.2) is 0 Å². The number of carbonyl (C=O) groups excluding carboxylic acids is 1. The number of nitrogens with two attached hydrogens (primary N) is 1. The summed E-state index contributed by atoms with van der Waals surface area (Å²) >= 11 is 0. The molecular formula is C13H19N3O5. The van der Waals surface area contributed by atoms with E-state index in [0.717, 1.165) is 6.07 Å². The van der Waals surface area contributed by atoms with Crippen LogP contribution in [0, 0.1) is 0 Å². The van der Waals surface area contributed by atoms with Crippen LogP contribution in [0.1, 0.15) is 16.8 Å². The Morgan fingerprint density at radius 1 is 1.29 bits per heavy atom. The average Bonchev–Trinajstić information content (AvgIpc) is 2.45. The van der Waals surface area contributed by atoms with Crippen molar-refractivity contribution in [2.75, 3.05) is 26.8 Å². The number of benzene rings is 1. The number of hydrogen-bond donors (Lipinski definition) is 4. The van der Waals surface area contributed by atoms with Gasteiger partial charge in [0.1, 0.15) is 17.3 Å². The molecule has 21 heavy (non-hydrogen) atoms. The maximum absolute atomic E-state index is 12.4. The van der Waals surface area contributed by atoms with E-state index in [-0.39, 0.29) is 35.9 Å². The van der Waals surface area contributed by atoms with Crippen molar-refractivity contribution in [2.45, 2.75) is 6.42 Å². The minimum Gasteiger partial charge on any atom is -0.508 e. The van der Waals surface area contributed by atoms with Crippen LogP contribution in [0.15, 0.2) is 23.4 Å². The molecule has 8 heteroatoms. The summed E-state index contributed by atoms with van der Waals surface area (Å²) in [6.45, 7) is 0.825. The number of aromatic hydroxyl groups is 2. The van der Waals surface area contributed by atoms with E-state index in [1.165, 1.54) is 24.1 Å². The molecule has 0 aliphatic heterocycles. The second kappa shape index (κ2) is 7.95. The van der Waals surface area contributed by atoms with Crippen LogP contribution in [-0.2, 0) is 4.74 Å². The third-order valence-electron chi connectivity index (χ3n) is 2.77. The Hall–Kier alpha value is -2.48. The fourth-order valence-corrected chi connectivity index (χ4v) is 1.72. The van der Waals surface area contributed by atoms with Gasteiger partial charge < -0.3 is 30.8 Å². The lowest BCUT2D eigenvalue weighted by molar-refractivity contribution is 0.0699. The topological polar surface area (TPSA) is 129 Å². The number of phenols is 2. The van der Waals surface area contributed by atoms with Crippen LogP contribution in [0.25, 0.3) is 0 Å². The Labute approximate surface area is 122 Å². The van der Waals surface area contributed by atoms with Crippen molar-refractivity contribution in [1.82, 2.24) is 4.90 Å². The van der Waals surface area contributed by atoms with Crippen LogP contribution in [0.4, 0.5) is 0 Å². The molecule has 0 spiro atoms. The van der Waals surface area contributed by atoms with Crippen LogP contribution in [0.2, 0.25) is 0 Å². The summed E-state index contributed by atoms with van der Waals surface area (Å²) in [5.41, 5.74) is 5.53. The van der Waals surface area contributed by atoms with Crippen LogP contribution in [0.5, 0.6) is 11.5 Å². The summed E-state index contributed by atoms with van der Waals surface area (Å²) in [7, 11) is 1.51. The van der Waals surface area contributed by atoms with Gasteiger partial charge in [-0.2, -0.15) is 0 Å². The highest BCUT2D eigenvalue weighted by Crippen LogP contribution is 2.21. The third-order valence-corrected chi connectivity index (χ3v) is 2.77. The standard InChI is InChI=1S/C13H19N3O5/c1-21-5-4-16(3-2-12(14)15-20)13(19)9-6-10(17)8-11(18)7-9/h6-8,17-18,20H,2-5H2,1H3,(H2,14,15). The molecule has 0 aliphatic rings. The molecule has 1 aromatic carbocycles. The predicted octanol–water partition coefficient (Wildman–Crippen LogP) is 0.323. The SMILES string of the molecule is COCCN(CC/C(N)=N/O)C(=O)c1cc(O)cc(O)c1. The zero-order valence-corrected chi connectivity index (χ0v) is 11.7. The van der Waals surface area contributed by atoms with Crippen molar-refractivity contribution in [3.05, 3.63) is 23.8 Å². The maximum Gasteiger partial charge on any atom is 0.254 e. The molecule has 0 unspecified atom stereocenters. The quantitative estimate of drug-likeness (QED) is 0.248. The lowest BCUT2D eigenvalue weighted by Crippen LogP contribution is -2.36. The summed E-state index contributed by atoms with van der Waals surface area (Å²) in [6, 6.07) is 3.64. The number of amides is 1. The van der Waals surface area contributed by atoms with Crippen molar-refractivity contribution in [2.24, 2.45) is 10.9 Å². The minimum atomic E-state index is -0.399. The molecule has 0 aromatic heterocycles. The zero-order valence-electron chi connectivity index (χ0n) is 11.7. The smallest absolute Gasteiger partial charge is 0.254 e. The molecule has 0 aliphatic carbocycles. The van der Waals surface area contributed by atoms with Crippen molar-refractivity contribution in [3.63, 3.8) is 0 Å². The first-order chi connectivity index (χ1) is 9.97. The summed E-state index contributed by atoms with van der Waals surface area (Å²) in [5.74, 6) is -0.809. The second-order valence-corrected chi connectivity index (χ2v) is 4.36. The number of oxime groups is 1. The number of phenolic OH excluding ortho intramolecular Hbond substituents is 2. The molecule has 8 nitrogen and oxygen atoms in total. The molecule has 0 saturated carbocycles. The first-order valence-corrected chi connectivity index (χ1v) is 6.25. The Kier molecular flexibility index (Phi) is 6.28. The van der Waals surface area contributed by atoms with E-state index in [2.05, 4.69) is 5.16 Å². The molecule has 1 rings (SSSR count). The number of carbonyl (C=O) groups is 1. The van der Waals surface area contributed by atoms with E-state index in [1.807, 2.05) is 0 Å². The lowest BCUT2D eigenvalue weighted by Gasteiger charge is -2.22. The van der Waals surface area contributed by atoms with E-state index in [9.17, 15) is 15.0 Å². The van der Waals surface area contributed by atoms with Crippen molar-refractivity contribution < 1.29 is 25.0 Å². The van der Waals surface area contributed by atoms with Crippen molar-refractivity contribution in [3.8, 4) is 11.5 Å². The zero-order chi connectivity index (χ0) is 15.8. The molecule has 0 bridgehead atoms. The molecule has 1 amide bonds. The molecule has 5 N–H and O–H groups in total. The van der Waals surface area contributed by atoms with Crippen molar-refractivity contribution >= 4 is 11.7 Å². The summed E-state index contributed by atoms with van der Waals surface area (Å²) in [6.07, 6.45) is 0.191. The fourth-order valence-electron chi connectivity index (χ4n) is 1.72. The van der Waals surface area contributed by atoms with E-state index in [4.69, 9.17) is 15.7 Å². The lowest BCUT2D eigenvalue weighted by atomic mass is 10.1. The van der Waals surface area contributed by atoms with Gasteiger partial charge in [-0.1, -0.05) is 5.16 Å². The first kappa shape index (κ1) is 16.6. The van der Waals surface area contributed by atoms with Gasteiger partial charge in [-0.05, 0) is 12.1 Å². The monoisotopic (exact) mass is 297 g/mol. The number of amidine groups is 1. The van der Waals surface area contributed by atoms with Gasteiger partial charge in [0.2, 0.25) is 0 Å². The van der Waals surface area contributed by atoms with Gasteiger partial charge in [0.05, 0.1) is 6.61 Å². The largest absolute Gasteiger partial charge is 0.508 e. The highest BCUT2D eigenvalue weighted by molar-refractivity contribution is 5.95. The van der Waals surface area contributed by atoms with Gasteiger partial charge in [0, 0.05) is 38.2 Å². The molecule has 0 fully saturated rings. The normalized spacial score (nSPS) is 11.4. The Morgan fingerprint density at radius 3 is 2.43 bits per heavy atom. The van der Waals surface area contributed by atoms with Crippen LogP contribution in [-0.4, -0.2) is 58.9 Å². The van der Waals surface area contributed by atoms with E-state index in [1.54, 1.807) is 0 Å². The molecule has 0 atom stereocenters. The van der Waals surface area contributed by atoms with Crippen LogP contribution < -0.4 is 5.73 Å². The van der Waals surface area contributed by atoms with E-state index >= 15 is 0 Å². The Balaban J connectivity index is 2.87. The molecule has 0 heterocycles. The number of ether oxygens (including phenoxy) is 1. The molecule has 1 aromatic rings. The maximum atomic E-state index is 12.4. The average molecular weight is 297 g/mol. The third kappa shape index (κ3) is 5.19. The highest BCUT2D eigenvalue weighted by atomic mass is 16.5. The van der Waals surface area contributed by atoms with Gasteiger partial charge >= 0.3 is 0 Å². The van der Waals surface area contributed by atoms with Gasteiger partial charge in [0.25, 0.3) is 5.91 Å². The van der Waals surface area contributed by atoms with Gasteiger partial charge in [-0.3, -0.25) is 4.79 Å². The molecule has 0 radical (unpaired) electrons. The fraction of sp³-hybridized carbons (Fsp3) is 0.385. The number of methoxy groups -OCH3 is 1.